The van der Waals surface area contributed by atoms with E-state index in [0.29, 0.717) is 0 Å². The molecule has 0 saturated carbocycles. The minimum Gasteiger partial charge on any atom is 0 e. The van der Waals surface area contributed by atoms with Gasteiger partial charge in [0.25, 0.3) is 10.2 Å². The van der Waals surface area contributed by atoms with E-state index in [-0.39, 0.29) is 57.5 Å². The van der Waals surface area contributed by atoms with Gasteiger partial charge in [0.1, 0.15) is 0 Å². The van der Waals surface area contributed by atoms with Crippen LogP contribution in [0.1, 0.15) is 0 Å². The van der Waals surface area contributed by atoms with Gasteiger partial charge in [-0.1, -0.05) is 0 Å². The maximum atomic E-state index is 8.36. The van der Waals surface area contributed by atoms with Gasteiger partial charge in [-0.15, -0.1) is 20.2 Å². The van der Waals surface area contributed by atoms with Crippen molar-refractivity contribution in [1.82, 2.24) is 6.15 Å². The minimum atomic E-state index is -1.50. The molecule has 0 aromatic carbocycles. The molecule has 0 aliphatic carbocycles. The van der Waals surface area contributed by atoms with E-state index in [1.165, 1.54) is 0 Å². The molecule has 10 heteroatoms. The third kappa shape index (κ3) is 29600000. The zero-order valence-corrected chi connectivity index (χ0v) is 3.87. The second-order valence-electron chi connectivity index (χ2n) is 0.476. The van der Waals surface area contributed by atoms with Crippen LogP contribution in [-0.4, -0.2) is 72.0 Å². The topological polar surface area (TPSA) is 157 Å². The predicted octanol–water partition coefficient (Wildman–Crippen LogP) is -1.82. The first-order valence-electron chi connectivity index (χ1n) is 1.13. The summed E-state index contributed by atoms with van der Waals surface area (Å²) in [4.78, 5) is 16.7. The first-order chi connectivity index (χ1) is 3.46. The summed E-state index contributed by atoms with van der Waals surface area (Å²) in [5.74, 6) is 0. The fourth-order valence-corrected chi connectivity index (χ4v) is 0. The molecule has 0 rings (SSSR count). The van der Waals surface area contributed by atoms with Crippen molar-refractivity contribution >= 4 is 51.4 Å². The Kier molecular flexibility index (Phi) is 36.0. The van der Waals surface area contributed by atoms with E-state index >= 15 is 0 Å². The van der Waals surface area contributed by atoms with Crippen LogP contribution in [0.2, 0.25) is 0 Å². The van der Waals surface area contributed by atoms with E-state index in [2.05, 4.69) is 0 Å². The van der Waals surface area contributed by atoms with Gasteiger partial charge in [0.15, 0.2) is 0 Å². The minimum absolute atomic E-state index is 0. The molecule has 0 fully saturated rings. The largest absolute Gasteiger partial charge is 0 e. The van der Waals surface area contributed by atoms with Crippen LogP contribution in [0, 0.1) is 20.2 Å². The van der Waals surface area contributed by atoms with Gasteiger partial charge in [0.2, 0.25) is 0 Å². The van der Waals surface area contributed by atoms with Gasteiger partial charge in [0.05, 0.1) is 0 Å². The third-order valence-corrected chi connectivity index (χ3v) is 0. The van der Waals surface area contributed by atoms with Crippen LogP contribution in [0.15, 0.2) is 0 Å². The van der Waals surface area contributed by atoms with Crippen LogP contribution in [0.5, 0.6) is 0 Å². The molecule has 0 heterocycles. The summed E-state index contributed by atoms with van der Waals surface area (Å²) >= 11 is 0. The fraction of sp³-hybridized carbons (Fsp3) is 0. The molecule has 3 radical (unpaired) electrons. The molecule has 0 aromatic heterocycles. The van der Waals surface area contributed by atoms with Crippen molar-refractivity contribution in [3.05, 3.63) is 20.2 Å². The van der Waals surface area contributed by atoms with Gasteiger partial charge in [-0.05, 0) is 0 Å². The van der Waals surface area contributed by atoms with E-state index in [9.17, 15) is 0 Å². The third-order valence-electron chi connectivity index (χ3n) is 0. The average Bonchev–Trinajstić information content (AvgIpc) is 1.25. The SMILES string of the molecule is O=[N+]([O-])O.O=[N+]([O-])O.[KH].[N]. The van der Waals surface area contributed by atoms with Gasteiger partial charge in [-0.3, -0.25) is 0 Å². The smallest absolute Gasteiger partial charge is 0 e. The van der Waals surface area contributed by atoms with Crippen molar-refractivity contribution in [2.75, 3.05) is 0 Å². The summed E-state index contributed by atoms with van der Waals surface area (Å²) in [6.07, 6.45) is 0. The van der Waals surface area contributed by atoms with Crippen LogP contribution in [0.4, 0.5) is 0 Å². The zero-order valence-electron chi connectivity index (χ0n) is 3.87. The Morgan fingerprint density at radius 2 is 1.00 bits per heavy atom. The molecule has 0 aliphatic rings. The normalized spacial score (nSPS) is 4.80. The monoisotopic (exact) mass is 180 g/mol. The van der Waals surface area contributed by atoms with Crippen LogP contribution in [0.25, 0.3) is 0 Å². The summed E-state index contributed by atoms with van der Waals surface area (Å²) in [7, 11) is 0. The van der Waals surface area contributed by atoms with Crippen molar-refractivity contribution in [2.45, 2.75) is 0 Å². The molecule has 2 N–H and O–H groups in total. The number of hydrogen-bond donors (Lipinski definition) is 2. The average molecular weight is 180 g/mol. The van der Waals surface area contributed by atoms with Crippen molar-refractivity contribution in [2.24, 2.45) is 0 Å². The van der Waals surface area contributed by atoms with Crippen LogP contribution in [-0.2, 0) is 0 Å². The Bertz CT molecular complexity index is 71.0. The molecule has 0 spiro atoms. The quantitative estimate of drug-likeness (QED) is 0.253. The van der Waals surface area contributed by atoms with Gasteiger partial charge in [-0.2, -0.15) is 0 Å². The first-order valence-corrected chi connectivity index (χ1v) is 1.13. The molecule has 0 unspecified atom stereocenters. The molecule has 0 amide bonds. The van der Waals surface area contributed by atoms with Crippen LogP contribution < -0.4 is 6.15 Å². The summed E-state index contributed by atoms with van der Waals surface area (Å²) in [6, 6.07) is 0. The number of hydrogen-bond acceptors (Lipinski definition) is 4. The number of nitrogens with zero attached hydrogens (tertiary/aromatic N) is 3. The summed E-state index contributed by atoms with van der Waals surface area (Å²) in [5.41, 5.74) is 0. The molecular formula is H3KN3O6. The molecule has 10 heavy (non-hydrogen) atoms. The number of rotatable bonds is 0. The molecule has 9 nitrogen and oxygen atoms in total. The van der Waals surface area contributed by atoms with Gasteiger partial charge < -0.3 is 10.4 Å². The van der Waals surface area contributed by atoms with Gasteiger partial charge in [-0.25, -0.2) is 0 Å². The van der Waals surface area contributed by atoms with Crippen molar-refractivity contribution in [1.29, 1.82) is 0 Å². The molecule has 0 atom stereocenters. The Labute approximate surface area is 97.2 Å². The van der Waals surface area contributed by atoms with Gasteiger partial charge in [0, 0.05) is 6.15 Å². The molecular weight excluding hydrogens is 177 g/mol. The van der Waals surface area contributed by atoms with Crippen molar-refractivity contribution < 1.29 is 20.6 Å². The second kappa shape index (κ2) is 16.0. The maximum Gasteiger partial charge on any atom is 0 e. The van der Waals surface area contributed by atoms with Crippen LogP contribution in [0.3, 0.4) is 0 Å². The van der Waals surface area contributed by atoms with E-state index in [4.69, 9.17) is 30.6 Å². The molecule has 55 valence electrons. The Morgan fingerprint density at radius 1 is 1.00 bits per heavy atom. The summed E-state index contributed by atoms with van der Waals surface area (Å²) in [5, 5.41) is 27.3. The van der Waals surface area contributed by atoms with Gasteiger partial charge >= 0.3 is 51.4 Å². The fourth-order valence-electron chi connectivity index (χ4n) is 0. The van der Waals surface area contributed by atoms with E-state index < -0.39 is 10.2 Å². The van der Waals surface area contributed by atoms with E-state index in [1.807, 2.05) is 0 Å². The van der Waals surface area contributed by atoms with Crippen molar-refractivity contribution in [3.63, 3.8) is 0 Å². The maximum absolute atomic E-state index is 8.36. The standard InChI is InChI=1S/K.2HNO3.N.H/c;2*2-1(3)4;;/h;2*(H,2,3,4);;. The van der Waals surface area contributed by atoms with Crippen molar-refractivity contribution in [3.8, 4) is 0 Å². The van der Waals surface area contributed by atoms with E-state index in [1.54, 1.807) is 0 Å². The van der Waals surface area contributed by atoms with Crippen LogP contribution >= 0.6 is 0 Å². The molecule has 0 aliphatic heterocycles. The van der Waals surface area contributed by atoms with E-state index in [0.717, 1.165) is 0 Å². The zero-order chi connectivity index (χ0) is 7.15. The first kappa shape index (κ1) is 22.5. The molecule has 0 aromatic rings. The predicted molar refractivity (Wildman–Crippen MR) is 26.8 cm³/mol. The Hall–Kier alpha value is -0.00364. The second-order valence-corrected chi connectivity index (χ2v) is 0.476. The Balaban J connectivity index is -0.0000000300. The molecule has 0 saturated heterocycles. The molecule has 0 bridgehead atoms. The Morgan fingerprint density at radius 3 is 1.00 bits per heavy atom. The summed E-state index contributed by atoms with van der Waals surface area (Å²) < 4.78 is 0. The summed E-state index contributed by atoms with van der Waals surface area (Å²) in [6.45, 7) is 0.